The van der Waals surface area contributed by atoms with Crippen LogP contribution in [0.15, 0.2) is 11.1 Å². The standard InChI is InChI=1S/C19H31N3O3/c1-15-16(19(25-18(15)24)7-4-3-5-8-19)17(23)20-9-6-10-22-13-11-21(2)12-14-22/h3-14H2,1-2H3,(H,20,23). The second kappa shape index (κ2) is 7.87. The highest BCUT2D eigenvalue weighted by Crippen LogP contribution is 2.43. The molecule has 1 saturated carbocycles. The van der Waals surface area contributed by atoms with Gasteiger partial charge in [-0.3, -0.25) is 4.79 Å². The van der Waals surface area contributed by atoms with Crippen molar-refractivity contribution in [1.29, 1.82) is 0 Å². The van der Waals surface area contributed by atoms with E-state index in [1.165, 1.54) is 0 Å². The summed E-state index contributed by atoms with van der Waals surface area (Å²) in [6, 6.07) is 0. The van der Waals surface area contributed by atoms with Gasteiger partial charge < -0.3 is 19.9 Å². The monoisotopic (exact) mass is 349 g/mol. The molecule has 0 bridgehead atoms. The van der Waals surface area contributed by atoms with Crippen molar-refractivity contribution >= 4 is 11.9 Å². The number of hydrogen-bond acceptors (Lipinski definition) is 5. The number of piperazine rings is 1. The molecule has 1 N–H and O–H groups in total. The number of hydrogen-bond donors (Lipinski definition) is 1. The van der Waals surface area contributed by atoms with E-state index < -0.39 is 5.60 Å². The number of nitrogens with zero attached hydrogens (tertiary/aromatic N) is 2. The molecule has 25 heavy (non-hydrogen) atoms. The molecule has 1 saturated heterocycles. The zero-order valence-corrected chi connectivity index (χ0v) is 15.6. The molecule has 2 heterocycles. The summed E-state index contributed by atoms with van der Waals surface area (Å²) >= 11 is 0. The SMILES string of the molecule is CC1=C(C(=O)NCCCN2CCN(C)CC2)C2(CCCCC2)OC1=O. The van der Waals surface area contributed by atoms with Crippen LogP contribution in [0.5, 0.6) is 0 Å². The molecule has 2 aliphatic heterocycles. The van der Waals surface area contributed by atoms with Gasteiger partial charge in [-0.15, -0.1) is 0 Å². The number of amides is 1. The normalized spacial score (nSPS) is 24.6. The minimum Gasteiger partial charge on any atom is -0.451 e. The Kier molecular flexibility index (Phi) is 5.79. The fourth-order valence-corrected chi connectivity index (χ4v) is 4.27. The second-order valence-electron chi connectivity index (χ2n) is 7.70. The minimum absolute atomic E-state index is 0.108. The van der Waals surface area contributed by atoms with Crippen molar-refractivity contribution in [2.24, 2.45) is 0 Å². The molecule has 0 unspecified atom stereocenters. The van der Waals surface area contributed by atoms with E-state index in [1.54, 1.807) is 6.92 Å². The number of nitrogens with one attached hydrogen (secondary N) is 1. The lowest BCUT2D eigenvalue weighted by molar-refractivity contribution is -0.149. The van der Waals surface area contributed by atoms with Crippen molar-refractivity contribution in [3.05, 3.63) is 11.1 Å². The van der Waals surface area contributed by atoms with Crippen LogP contribution < -0.4 is 5.32 Å². The molecule has 6 nitrogen and oxygen atoms in total. The van der Waals surface area contributed by atoms with Gasteiger partial charge in [-0.05, 0) is 52.6 Å². The quantitative estimate of drug-likeness (QED) is 0.599. The van der Waals surface area contributed by atoms with E-state index in [-0.39, 0.29) is 11.9 Å². The zero-order chi connectivity index (χ0) is 17.9. The van der Waals surface area contributed by atoms with E-state index >= 15 is 0 Å². The molecule has 6 heteroatoms. The fraction of sp³-hybridized carbons (Fsp3) is 0.789. The molecule has 0 radical (unpaired) electrons. The molecular formula is C19H31N3O3. The summed E-state index contributed by atoms with van der Waals surface area (Å²) in [6.45, 7) is 7.80. The van der Waals surface area contributed by atoms with Gasteiger partial charge in [0.1, 0.15) is 5.60 Å². The first-order valence-electron chi connectivity index (χ1n) is 9.66. The van der Waals surface area contributed by atoms with E-state index in [0.29, 0.717) is 17.7 Å². The van der Waals surface area contributed by atoms with Gasteiger partial charge in [-0.2, -0.15) is 0 Å². The van der Waals surface area contributed by atoms with E-state index in [1.807, 2.05) is 0 Å². The molecule has 0 aromatic rings. The maximum Gasteiger partial charge on any atom is 0.335 e. The summed E-state index contributed by atoms with van der Waals surface area (Å²) in [7, 11) is 2.15. The first-order chi connectivity index (χ1) is 12.0. The molecule has 140 valence electrons. The van der Waals surface area contributed by atoms with Crippen LogP contribution in [0.4, 0.5) is 0 Å². The maximum absolute atomic E-state index is 12.7. The lowest BCUT2D eigenvalue weighted by Gasteiger charge is -2.34. The van der Waals surface area contributed by atoms with Crippen LogP contribution in [0.1, 0.15) is 45.4 Å². The highest BCUT2D eigenvalue weighted by atomic mass is 16.6. The molecule has 0 atom stereocenters. The molecule has 3 rings (SSSR count). The van der Waals surface area contributed by atoms with E-state index in [0.717, 1.165) is 71.2 Å². The molecule has 1 spiro atoms. The highest BCUT2D eigenvalue weighted by Gasteiger charge is 2.49. The van der Waals surface area contributed by atoms with E-state index in [2.05, 4.69) is 22.2 Å². The third-order valence-electron chi connectivity index (χ3n) is 5.85. The Morgan fingerprint density at radius 1 is 1.16 bits per heavy atom. The van der Waals surface area contributed by atoms with Crippen molar-refractivity contribution in [2.45, 2.75) is 51.0 Å². The number of esters is 1. The van der Waals surface area contributed by atoms with Gasteiger partial charge in [0.2, 0.25) is 0 Å². The Morgan fingerprint density at radius 3 is 2.52 bits per heavy atom. The minimum atomic E-state index is -0.652. The summed E-state index contributed by atoms with van der Waals surface area (Å²) < 4.78 is 5.66. The van der Waals surface area contributed by atoms with E-state index in [4.69, 9.17) is 4.74 Å². The number of carbonyl (C=O) groups is 2. The van der Waals surface area contributed by atoms with Crippen LogP contribution in [0, 0.1) is 0 Å². The number of ether oxygens (including phenoxy) is 1. The lowest BCUT2D eigenvalue weighted by Crippen LogP contribution is -2.45. The smallest absolute Gasteiger partial charge is 0.335 e. The van der Waals surface area contributed by atoms with Crippen LogP contribution in [-0.4, -0.2) is 73.6 Å². The molecule has 0 aromatic heterocycles. The van der Waals surface area contributed by atoms with Crippen LogP contribution in [0.25, 0.3) is 0 Å². The predicted octanol–water partition coefficient (Wildman–Crippen LogP) is 1.32. The summed E-state index contributed by atoms with van der Waals surface area (Å²) in [5.74, 6) is -0.423. The van der Waals surface area contributed by atoms with Crippen molar-refractivity contribution < 1.29 is 14.3 Å². The van der Waals surface area contributed by atoms with Gasteiger partial charge in [0.25, 0.3) is 5.91 Å². The van der Waals surface area contributed by atoms with Gasteiger partial charge >= 0.3 is 5.97 Å². The van der Waals surface area contributed by atoms with Crippen molar-refractivity contribution in [2.75, 3.05) is 46.3 Å². The van der Waals surface area contributed by atoms with Crippen LogP contribution in [-0.2, 0) is 14.3 Å². The largest absolute Gasteiger partial charge is 0.451 e. The molecule has 1 aliphatic carbocycles. The molecular weight excluding hydrogens is 318 g/mol. The Hall–Kier alpha value is -1.40. The van der Waals surface area contributed by atoms with Crippen LogP contribution in [0.2, 0.25) is 0 Å². The third kappa shape index (κ3) is 4.06. The predicted molar refractivity (Wildman–Crippen MR) is 96.2 cm³/mol. The number of likely N-dealkylation sites (N-methyl/N-ethyl adjacent to an activating group) is 1. The van der Waals surface area contributed by atoms with E-state index in [9.17, 15) is 9.59 Å². The topological polar surface area (TPSA) is 61.9 Å². The van der Waals surface area contributed by atoms with Gasteiger partial charge in [0.05, 0.1) is 5.57 Å². The Balaban J connectivity index is 1.50. The number of carbonyl (C=O) groups excluding carboxylic acids is 2. The zero-order valence-electron chi connectivity index (χ0n) is 15.6. The average Bonchev–Trinajstić information content (AvgIpc) is 2.84. The molecule has 0 aromatic carbocycles. The van der Waals surface area contributed by atoms with Crippen LogP contribution >= 0.6 is 0 Å². The summed E-state index contributed by atoms with van der Waals surface area (Å²) in [4.78, 5) is 29.6. The average molecular weight is 349 g/mol. The van der Waals surface area contributed by atoms with Gasteiger partial charge in [0.15, 0.2) is 0 Å². The van der Waals surface area contributed by atoms with Crippen molar-refractivity contribution in [3.8, 4) is 0 Å². The van der Waals surface area contributed by atoms with Crippen molar-refractivity contribution in [3.63, 3.8) is 0 Å². The Morgan fingerprint density at radius 2 is 1.84 bits per heavy atom. The molecule has 3 aliphatic rings. The number of rotatable bonds is 5. The Bertz CT molecular complexity index is 544. The van der Waals surface area contributed by atoms with Gasteiger partial charge in [-0.25, -0.2) is 4.79 Å². The summed E-state index contributed by atoms with van der Waals surface area (Å²) in [5, 5.41) is 3.03. The maximum atomic E-state index is 12.7. The third-order valence-corrected chi connectivity index (χ3v) is 5.85. The molecule has 2 fully saturated rings. The van der Waals surface area contributed by atoms with Crippen molar-refractivity contribution in [1.82, 2.24) is 15.1 Å². The highest BCUT2D eigenvalue weighted by molar-refractivity contribution is 6.07. The molecule has 1 amide bonds. The lowest BCUT2D eigenvalue weighted by atomic mass is 9.78. The van der Waals surface area contributed by atoms with Crippen LogP contribution in [0.3, 0.4) is 0 Å². The Labute approximate surface area is 150 Å². The van der Waals surface area contributed by atoms with Gasteiger partial charge in [-0.1, -0.05) is 6.42 Å². The fourth-order valence-electron chi connectivity index (χ4n) is 4.27. The second-order valence-corrected chi connectivity index (χ2v) is 7.70. The van der Waals surface area contributed by atoms with Gasteiger partial charge in [0, 0.05) is 38.3 Å². The summed E-state index contributed by atoms with van der Waals surface area (Å²) in [5.41, 5.74) is 0.441. The first kappa shape index (κ1) is 18.4. The summed E-state index contributed by atoms with van der Waals surface area (Å²) in [6.07, 6.45) is 5.67. The first-order valence-corrected chi connectivity index (χ1v) is 9.66.